The van der Waals surface area contributed by atoms with Crippen molar-refractivity contribution in [3.63, 3.8) is 0 Å². The molecule has 0 aliphatic carbocycles. The van der Waals surface area contributed by atoms with Gasteiger partial charge in [0.25, 0.3) is 0 Å². The van der Waals surface area contributed by atoms with Crippen LogP contribution in [0, 0.1) is 17.2 Å². The standard InChI is InChI=1S/C16H22N4OS/c1-11-2-6-20(7-3-11)15(21)10-19-5-4-12-13(8-17)16(18)22-14(12)9-19/h11H,2-7,9-10,18H2,1H3. The van der Waals surface area contributed by atoms with Gasteiger partial charge in [0.05, 0.1) is 12.1 Å². The summed E-state index contributed by atoms with van der Waals surface area (Å²) in [6, 6.07) is 2.21. The van der Waals surface area contributed by atoms with Crippen LogP contribution in [0.4, 0.5) is 5.00 Å². The summed E-state index contributed by atoms with van der Waals surface area (Å²) < 4.78 is 0. The van der Waals surface area contributed by atoms with E-state index in [0.717, 1.165) is 61.8 Å². The van der Waals surface area contributed by atoms with Gasteiger partial charge in [-0.15, -0.1) is 11.3 Å². The number of hydrogen-bond acceptors (Lipinski definition) is 5. The number of hydrogen-bond donors (Lipinski definition) is 1. The van der Waals surface area contributed by atoms with Crippen LogP contribution in [0.5, 0.6) is 0 Å². The summed E-state index contributed by atoms with van der Waals surface area (Å²) in [4.78, 5) is 17.8. The Morgan fingerprint density at radius 3 is 2.82 bits per heavy atom. The Kier molecular flexibility index (Phi) is 4.37. The molecule has 5 nitrogen and oxygen atoms in total. The minimum Gasteiger partial charge on any atom is -0.389 e. The Morgan fingerprint density at radius 1 is 1.41 bits per heavy atom. The van der Waals surface area contributed by atoms with Crippen molar-refractivity contribution in [3.8, 4) is 6.07 Å². The molecule has 3 rings (SSSR count). The first kappa shape index (κ1) is 15.3. The van der Waals surface area contributed by atoms with Gasteiger partial charge in [-0.3, -0.25) is 9.69 Å². The summed E-state index contributed by atoms with van der Waals surface area (Å²) >= 11 is 1.50. The topological polar surface area (TPSA) is 73.4 Å². The number of nitrogens with two attached hydrogens (primary N) is 1. The Hall–Kier alpha value is -1.58. The maximum Gasteiger partial charge on any atom is 0.236 e. The number of carbonyl (C=O) groups is 1. The summed E-state index contributed by atoms with van der Waals surface area (Å²) in [5, 5.41) is 9.78. The molecule has 0 atom stereocenters. The largest absolute Gasteiger partial charge is 0.389 e. The van der Waals surface area contributed by atoms with Crippen molar-refractivity contribution in [2.75, 3.05) is 31.9 Å². The predicted molar refractivity (Wildman–Crippen MR) is 87.4 cm³/mol. The van der Waals surface area contributed by atoms with Crippen LogP contribution in [0.15, 0.2) is 0 Å². The number of nitrogen functional groups attached to an aromatic ring is 1. The fraction of sp³-hybridized carbons (Fsp3) is 0.625. The molecule has 0 unspecified atom stereocenters. The zero-order valence-corrected chi connectivity index (χ0v) is 13.8. The summed E-state index contributed by atoms with van der Waals surface area (Å²) in [5.74, 6) is 0.973. The molecule has 0 spiro atoms. The Bertz CT molecular complexity index is 610. The molecule has 0 aromatic carbocycles. The maximum atomic E-state index is 12.4. The van der Waals surface area contributed by atoms with E-state index >= 15 is 0 Å². The van der Waals surface area contributed by atoms with Gasteiger partial charge < -0.3 is 10.6 Å². The molecule has 1 aromatic rings. The van der Waals surface area contributed by atoms with Gasteiger partial charge in [0.15, 0.2) is 0 Å². The van der Waals surface area contributed by atoms with Gasteiger partial charge in [-0.05, 0) is 30.7 Å². The monoisotopic (exact) mass is 318 g/mol. The van der Waals surface area contributed by atoms with E-state index in [1.165, 1.54) is 11.3 Å². The molecule has 2 aliphatic rings. The molecule has 0 saturated carbocycles. The van der Waals surface area contributed by atoms with Crippen LogP contribution in [0.1, 0.15) is 35.8 Å². The third-order valence-corrected chi connectivity index (χ3v) is 5.82. The van der Waals surface area contributed by atoms with E-state index in [2.05, 4.69) is 17.9 Å². The molecule has 3 heterocycles. The molecule has 6 heteroatoms. The fourth-order valence-electron chi connectivity index (χ4n) is 3.28. The quantitative estimate of drug-likeness (QED) is 0.902. The number of rotatable bonds is 2. The van der Waals surface area contributed by atoms with Crippen LogP contribution in [-0.4, -0.2) is 41.9 Å². The number of amides is 1. The van der Waals surface area contributed by atoms with E-state index in [9.17, 15) is 4.79 Å². The number of nitriles is 1. The van der Waals surface area contributed by atoms with Gasteiger partial charge in [0.2, 0.25) is 5.91 Å². The lowest BCUT2D eigenvalue weighted by Gasteiger charge is -2.33. The molecule has 1 amide bonds. The Morgan fingerprint density at radius 2 is 2.14 bits per heavy atom. The van der Waals surface area contributed by atoms with E-state index in [1.807, 2.05) is 4.90 Å². The number of thiophene rings is 1. The zero-order valence-electron chi connectivity index (χ0n) is 13.0. The first-order valence-corrected chi connectivity index (χ1v) is 8.70. The molecule has 22 heavy (non-hydrogen) atoms. The van der Waals surface area contributed by atoms with Crippen LogP contribution >= 0.6 is 11.3 Å². The predicted octanol–water partition coefficient (Wildman–Crippen LogP) is 1.82. The molecular formula is C16H22N4OS. The lowest BCUT2D eigenvalue weighted by molar-refractivity contribution is -0.133. The van der Waals surface area contributed by atoms with Crippen LogP contribution in [0.25, 0.3) is 0 Å². The third kappa shape index (κ3) is 2.96. The molecule has 1 saturated heterocycles. The zero-order chi connectivity index (χ0) is 15.7. The second-order valence-corrected chi connectivity index (χ2v) is 7.52. The molecular weight excluding hydrogens is 296 g/mol. The van der Waals surface area contributed by atoms with Gasteiger partial charge in [0, 0.05) is 31.1 Å². The molecule has 0 bridgehead atoms. The second kappa shape index (κ2) is 6.27. The van der Waals surface area contributed by atoms with Gasteiger partial charge in [-0.2, -0.15) is 5.26 Å². The van der Waals surface area contributed by atoms with E-state index in [1.54, 1.807) is 0 Å². The van der Waals surface area contributed by atoms with E-state index in [4.69, 9.17) is 11.0 Å². The van der Waals surface area contributed by atoms with Crippen LogP contribution in [-0.2, 0) is 17.8 Å². The van der Waals surface area contributed by atoms with Gasteiger partial charge in [-0.25, -0.2) is 0 Å². The highest BCUT2D eigenvalue weighted by atomic mass is 32.1. The minimum absolute atomic E-state index is 0.236. The molecule has 1 aromatic heterocycles. The summed E-state index contributed by atoms with van der Waals surface area (Å²) in [6.07, 6.45) is 3.04. The highest BCUT2D eigenvalue weighted by Crippen LogP contribution is 2.34. The second-order valence-electron chi connectivity index (χ2n) is 6.38. The number of carbonyl (C=O) groups excluding carboxylic acids is 1. The van der Waals surface area contributed by atoms with Crippen molar-refractivity contribution in [2.24, 2.45) is 5.92 Å². The van der Waals surface area contributed by atoms with Crippen molar-refractivity contribution in [1.29, 1.82) is 5.26 Å². The average molecular weight is 318 g/mol. The molecule has 118 valence electrons. The van der Waals surface area contributed by atoms with E-state index in [-0.39, 0.29) is 5.91 Å². The summed E-state index contributed by atoms with van der Waals surface area (Å²) in [7, 11) is 0. The van der Waals surface area contributed by atoms with Crippen LogP contribution in [0.3, 0.4) is 0 Å². The third-order valence-electron chi connectivity index (χ3n) is 4.77. The lowest BCUT2D eigenvalue weighted by atomic mass is 9.99. The number of piperidine rings is 1. The maximum absolute atomic E-state index is 12.4. The molecule has 2 aliphatic heterocycles. The Balaban J connectivity index is 1.61. The lowest BCUT2D eigenvalue weighted by Crippen LogP contribution is -2.44. The molecule has 2 N–H and O–H groups in total. The average Bonchev–Trinajstić information content (AvgIpc) is 2.82. The van der Waals surface area contributed by atoms with Crippen molar-refractivity contribution in [2.45, 2.75) is 32.7 Å². The van der Waals surface area contributed by atoms with Crippen LogP contribution < -0.4 is 5.73 Å². The van der Waals surface area contributed by atoms with Crippen molar-refractivity contribution < 1.29 is 4.79 Å². The van der Waals surface area contributed by atoms with Gasteiger partial charge >= 0.3 is 0 Å². The van der Waals surface area contributed by atoms with Crippen molar-refractivity contribution in [1.82, 2.24) is 9.80 Å². The first-order valence-electron chi connectivity index (χ1n) is 7.88. The molecule has 1 fully saturated rings. The van der Waals surface area contributed by atoms with E-state index < -0.39 is 0 Å². The fourth-order valence-corrected chi connectivity index (χ4v) is 4.40. The van der Waals surface area contributed by atoms with Crippen molar-refractivity contribution >= 4 is 22.2 Å². The van der Waals surface area contributed by atoms with Crippen molar-refractivity contribution in [3.05, 3.63) is 16.0 Å². The summed E-state index contributed by atoms with van der Waals surface area (Å²) in [6.45, 7) is 6.08. The van der Waals surface area contributed by atoms with Crippen LogP contribution in [0.2, 0.25) is 0 Å². The molecule has 0 radical (unpaired) electrons. The normalized spacial score (nSPS) is 19.7. The van der Waals surface area contributed by atoms with E-state index in [0.29, 0.717) is 17.1 Å². The number of nitrogens with zero attached hydrogens (tertiary/aromatic N) is 3. The minimum atomic E-state index is 0.236. The summed E-state index contributed by atoms with van der Waals surface area (Å²) in [5.41, 5.74) is 7.66. The van der Waals surface area contributed by atoms with Gasteiger partial charge in [0.1, 0.15) is 11.1 Å². The first-order chi connectivity index (χ1) is 10.6. The smallest absolute Gasteiger partial charge is 0.236 e. The Labute approximate surface area is 135 Å². The SMILES string of the molecule is CC1CCN(C(=O)CN2CCc3c(sc(N)c3C#N)C2)CC1. The van der Waals surface area contributed by atoms with Gasteiger partial charge in [-0.1, -0.05) is 6.92 Å². The highest BCUT2D eigenvalue weighted by Gasteiger charge is 2.27. The number of fused-ring (bicyclic) bond motifs is 1. The highest BCUT2D eigenvalue weighted by molar-refractivity contribution is 7.16. The number of likely N-dealkylation sites (tertiary alicyclic amines) is 1. The number of anilines is 1.